The summed E-state index contributed by atoms with van der Waals surface area (Å²) in [6, 6.07) is 16.6. The largest absolute Gasteiger partial charge is 0.336 e. The summed E-state index contributed by atoms with van der Waals surface area (Å²) in [6.45, 7) is 5.80. The number of sulfonamides is 1. The number of hydrogen-bond donors (Lipinski definition) is 0. The lowest BCUT2D eigenvalue weighted by molar-refractivity contribution is 0.0633. The Balaban J connectivity index is 1.14. The fourth-order valence-corrected chi connectivity index (χ4v) is 6.31. The van der Waals surface area contributed by atoms with Crippen LogP contribution in [0.4, 0.5) is 0 Å². The minimum atomic E-state index is -3.46. The molecule has 1 aromatic heterocycles. The molecule has 5 rings (SSSR count). The molecule has 3 heterocycles. The molecule has 2 saturated heterocycles. The van der Waals surface area contributed by atoms with Gasteiger partial charge in [-0.3, -0.25) is 9.69 Å². The van der Waals surface area contributed by atoms with E-state index in [9.17, 15) is 13.2 Å². The first-order valence-electron chi connectivity index (χ1n) is 12.2. The summed E-state index contributed by atoms with van der Waals surface area (Å²) in [5, 5.41) is 0. The molecule has 0 N–H and O–H groups in total. The number of nitrogens with zero attached hydrogens (tertiary/aromatic N) is 5. The molecule has 2 aliphatic rings. The summed E-state index contributed by atoms with van der Waals surface area (Å²) in [5.41, 5.74) is 1.64. The zero-order valence-electron chi connectivity index (χ0n) is 19.8. The molecular formula is C26H31N5O3S. The molecule has 184 valence electrons. The second-order valence-corrected chi connectivity index (χ2v) is 11.0. The Labute approximate surface area is 206 Å². The first-order valence-corrected chi connectivity index (χ1v) is 13.6. The van der Waals surface area contributed by atoms with Crippen LogP contribution < -0.4 is 0 Å². The summed E-state index contributed by atoms with van der Waals surface area (Å²) in [4.78, 5) is 22.0. The van der Waals surface area contributed by atoms with E-state index in [1.807, 2.05) is 35.5 Å². The van der Waals surface area contributed by atoms with Crippen LogP contribution in [0.5, 0.6) is 0 Å². The summed E-state index contributed by atoms with van der Waals surface area (Å²) in [7, 11) is -3.46. The Morgan fingerprint density at radius 1 is 0.829 bits per heavy atom. The predicted molar refractivity (Wildman–Crippen MR) is 134 cm³/mol. The van der Waals surface area contributed by atoms with Gasteiger partial charge in [-0.05, 0) is 37.1 Å². The number of benzene rings is 2. The van der Waals surface area contributed by atoms with Crippen LogP contribution in [0.3, 0.4) is 0 Å². The zero-order chi connectivity index (χ0) is 24.3. The summed E-state index contributed by atoms with van der Waals surface area (Å²) in [6.07, 6.45) is 5.65. The van der Waals surface area contributed by atoms with Crippen molar-refractivity contribution in [3.63, 3.8) is 0 Å². The number of piperazine rings is 1. The van der Waals surface area contributed by atoms with Crippen LogP contribution in [0.15, 0.2) is 71.9 Å². The van der Waals surface area contributed by atoms with E-state index in [0.717, 1.165) is 50.4 Å². The molecule has 0 radical (unpaired) electrons. The van der Waals surface area contributed by atoms with Crippen LogP contribution in [-0.2, 0) is 16.6 Å². The topological polar surface area (TPSA) is 78.8 Å². The van der Waals surface area contributed by atoms with Gasteiger partial charge in [0.05, 0.1) is 4.90 Å². The van der Waals surface area contributed by atoms with E-state index >= 15 is 0 Å². The van der Waals surface area contributed by atoms with Gasteiger partial charge in [-0.2, -0.15) is 4.31 Å². The highest BCUT2D eigenvalue weighted by atomic mass is 32.2. The van der Waals surface area contributed by atoms with E-state index < -0.39 is 10.0 Å². The molecule has 2 fully saturated rings. The number of imidazole rings is 1. The summed E-state index contributed by atoms with van der Waals surface area (Å²) in [5.74, 6) is 0.922. The molecule has 8 nitrogen and oxygen atoms in total. The minimum Gasteiger partial charge on any atom is -0.336 e. The van der Waals surface area contributed by atoms with Gasteiger partial charge >= 0.3 is 0 Å². The molecule has 0 bridgehead atoms. The summed E-state index contributed by atoms with van der Waals surface area (Å²) < 4.78 is 29.1. The number of aromatic nitrogens is 2. The minimum absolute atomic E-state index is 0.0456. The number of rotatable bonds is 7. The normalized spacial score (nSPS) is 17.7. The number of amides is 1. The Morgan fingerprint density at radius 3 is 2.20 bits per heavy atom. The van der Waals surface area contributed by atoms with Crippen LogP contribution in [0.2, 0.25) is 0 Å². The Kier molecular flexibility index (Phi) is 6.99. The Morgan fingerprint density at radius 2 is 1.51 bits per heavy atom. The fraction of sp³-hybridized carbons (Fsp3) is 0.385. The molecule has 3 aromatic rings. The van der Waals surface area contributed by atoms with E-state index in [1.165, 1.54) is 4.31 Å². The van der Waals surface area contributed by atoms with E-state index in [-0.39, 0.29) is 10.8 Å². The number of carbonyl (C=O) groups excluding carboxylic acids is 1. The van der Waals surface area contributed by atoms with Crippen LogP contribution in [0.1, 0.15) is 23.2 Å². The molecule has 1 amide bonds. The fourth-order valence-electron chi connectivity index (χ4n) is 4.79. The molecule has 2 aliphatic heterocycles. The van der Waals surface area contributed by atoms with Gasteiger partial charge in [0.25, 0.3) is 5.91 Å². The van der Waals surface area contributed by atoms with Crippen molar-refractivity contribution in [1.29, 1.82) is 0 Å². The molecule has 0 unspecified atom stereocenters. The second kappa shape index (κ2) is 10.3. The maximum absolute atomic E-state index is 13.0. The van der Waals surface area contributed by atoms with Crippen molar-refractivity contribution in [3.05, 3.63) is 72.6 Å². The van der Waals surface area contributed by atoms with Gasteiger partial charge in [-0.1, -0.05) is 30.3 Å². The third-order valence-corrected chi connectivity index (χ3v) is 8.78. The van der Waals surface area contributed by atoms with Gasteiger partial charge in [-0.15, -0.1) is 0 Å². The first kappa shape index (κ1) is 23.7. The second-order valence-electron chi connectivity index (χ2n) is 9.08. The zero-order valence-corrected chi connectivity index (χ0v) is 20.6. The van der Waals surface area contributed by atoms with Gasteiger partial charge in [0, 0.05) is 75.9 Å². The highest BCUT2D eigenvalue weighted by Crippen LogP contribution is 2.22. The van der Waals surface area contributed by atoms with Gasteiger partial charge in [-0.25, -0.2) is 13.4 Å². The molecule has 0 saturated carbocycles. The van der Waals surface area contributed by atoms with Crippen LogP contribution >= 0.6 is 0 Å². The van der Waals surface area contributed by atoms with E-state index in [2.05, 4.69) is 26.6 Å². The van der Waals surface area contributed by atoms with Crippen molar-refractivity contribution >= 4 is 15.9 Å². The maximum Gasteiger partial charge on any atom is 0.253 e. The lowest BCUT2D eigenvalue weighted by Gasteiger charge is -2.35. The van der Waals surface area contributed by atoms with Crippen molar-refractivity contribution in [2.24, 2.45) is 0 Å². The molecule has 0 atom stereocenters. The third-order valence-electron chi connectivity index (χ3n) is 6.87. The van der Waals surface area contributed by atoms with Gasteiger partial charge < -0.3 is 9.47 Å². The lowest BCUT2D eigenvalue weighted by atomic mass is 10.2. The van der Waals surface area contributed by atoms with E-state index in [4.69, 9.17) is 0 Å². The monoisotopic (exact) mass is 493 g/mol. The summed E-state index contributed by atoms with van der Waals surface area (Å²) >= 11 is 0. The molecular weight excluding hydrogens is 462 g/mol. The van der Waals surface area contributed by atoms with Crippen molar-refractivity contribution in [2.75, 3.05) is 45.8 Å². The average Bonchev–Trinajstić information content (AvgIpc) is 3.61. The molecule has 2 aromatic carbocycles. The van der Waals surface area contributed by atoms with Crippen molar-refractivity contribution < 1.29 is 13.2 Å². The SMILES string of the molecule is O=C(c1ccc(S(=O)(=O)N2CCCC2)cc1)N1CCN(CCn2ccnc2-c2ccccc2)CC1. The standard InChI is InChI=1S/C26H31N5O3S/c32-26(23-8-10-24(11-9-23)35(33,34)31-13-4-5-14-31)30-20-17-28(18-21-30)16-19-29-15-12-27-25(29)22-6-2-1-3-7-22/h1-3,6-12,15H,4-5,13-14,16-21H2. The van der Waals surface area contributed by atoms with Crippen molar-refractivity contribution in [2.45, 2.75) is 24.3 Å². The molecule has 0 spiro atoms. The van der Waals surface area contributed by atoms with Crippen LogP contribution in [-0.4, -0.2) is 83.8 Å². The number of hydrogen-bond acceptors (Lipinski definition) is 5. The third kappa shape index (κ3) is 5.17. The van der Waals surface area contributed by atoms with Crippen LogP contribution in [0.25, 0.3) is 11.4 Å². The van der Waals surface area contributed by atoms with E-state index in [0.29, 0.717) is 31.7 Å². The number of carbonyl (C=O) groups is 1. The predicted octanol–water partition coefficient (Wildman–Crippen LogP) is 2.79. The van der Waals surface area contributed by atoms with Gasteiger partial charge in [0.2, 0.25) is 10.0 Å². The average molecular weight is 494 g/mol. The Hall–Kier alpha value is -3.01. The molecule has 35 heavy (non-hydrogen) atoms. The van der Waals surface area contributed by atoms with Crippen molar-refractivity contribution in [3.8, 4) is 11.4 Å². The lowest BCUT2D eigenvalue weighted by Crippen LogP contribution is -2.49. The van der Waals surface area contributed by atoms with Crippen molar-refractivity contribution in [1.82, 2.24) is 23.7 Å². The van der Waals surface area contributed by atoms with E-state index in [1.54, 1.807) is 24.3 Å². The molecule has 0 aliphatic carbocycles. The molecule has 9 heteroatoms. The first-order chi connectivity index (χ1) is 17.0. The Bertz CT molecular complexity index is 1240. The maximum atomic E-state index is 13.0. The van der Waals surface area contributed by atoms with Crippen LogP contribution in [0, 0.1) is 0 Å². The quantitative estimate of drug-likeness (QED) is 0.506. The van der Waals surface area contributed by atoms with Gasteiger partial charge in [0.1, 0.15) is 5.82 Å². The highest BCUT2D eigenvalue weighted by Gasteiger charge is 2.28. The smallest absolute Gasteiger partial charge is 0.253 e. The highest BCUT2D eigenvalue weighted by molar-refractivity contribution is 7.89. The van der Waals surface area contributed by atoms with Gasteiger partial charge in [0.15, 0.2) is 0 Å².